The summed E-state index contributed by atoms with van der Waals surface area (Å²) in [5, 5.41) is 4.43. The van der Waals surface area contributed by atoms with Gasteiger partial charge in [0.25, 0.3) is 0 Å². The number of nitrogens with zero attached hydrogens (tertiary/aromatic N) is 3. The summed E-state index contributed by atoms with van der Waals surface area (Å²) >= 11 is 0. The summed E-state index contributed by atoms with van der Waals surface area (Å²) in [6.07, 6.45) is 3.00. The van der Waals surface area contributed by atoms with Gasteiger partial charge in [-0.25, -0.2) is 9.48 Å². The van der Waals surface area contributed by atoms with E-state index in [1.165, 1.54) is 0 Å². The minimum Gasteiger partial charge on any atom is -0.461 e. The van der Waals surface area contributed by atoms with Gasteiger partial charge >= 0.3 is 5.97 Å². The SMILES string of the molecule is CCOC(=O)c1nn(-c2ccccc2)c2c1CCC(=CN(C)C)C2=O. The molecule has 6 nitrogen and oxygen atoms in total. The minimum atomic E-state index is -0.485. The third-order valence-corrected chi connectivity index (χ3v) is 4.02. The Balaban J connectivity index is 2.17. The number of rotatable bonds is 4. The van der Waals surface area contributed by atoms with Gasteiger partial charge in [0.2, 0.25) is 5.78 Å². The molecule has 0 saturated carbocycles. The molecule has 0 atom stereocenters. The highest BCUT2D eigenvalue weighted by molar-refractivity contribution is 6.11. The summed E-state index contributed by atoms with van der Waals surface area (Å²) in [4.78, 5) is 27.2. The van der Waals surface area contributed by atoms with Crippen LogP contribution >= 0.6 is 0 Å². The zero-order valence-corrected chi connectivity index (χ0v) is 14.7. The van der Waals surface area contributed by atoms with Crippen molar-refractivity contribution in [3.05, 3.63) is 59.1 Å². The second-order valence-corrected chi connectivity index (χ2v) is 6.09. The second kappa shape index (κ2) is 6.93. The smallest absolute Gasteiger partial charge is 0.359 e. The molecule has 130 valence electrons. The standard InChI is InChI=1S/C19H21N3O3/c1-4-25-19(24)16-15-11-10-13(12-21(2)3)18(23)17(15)22(20-16)14-8-6-5-7-9-14/h5-9,12H,4,10-11H2,1-3H3. The van der Waals surface area contributed by atoms with Crippen molar-refractivity contribution in [3.63, 3.8) is 0 Å². The summed E-state index contributed by atoms with van der Waals surface area (Å²) < 4.78 is 6.68. The third kappa shape index (κ3) is 3.20. The van der Waals surface area contributed by atoms with Crippen LogP contribution in [0.3, 0.4) is 0 Å². The van der Waals surface area contributed by atoms with Gasteiger partial charge in [-0.1, -0.05) is 18.2 Å². The number of hydrogen-bond acceptors (Lipinski definition) is 5. The number of benzene rings is 1. The van der Waals surface area contributed by atoms with Crippen LogP contribution in [0, 0.1) is 0 Å². The van der Waals surface area contributed by atoms with Gasteiger partial charge in [-0.15, -0.1) is 0 Å². The number of fused-ring (bicyclic) bond motifs is 1. The lowest BCUT2D eigenvalue weighted by Crippen LogP contribution is -2.20. The third-order valence-electron chi connectivity index (χ3n) is 4.02. The number of esters is 1. The van der Waals surface area contributed by atoms with Gasteiger partial charge in [0.1, 0.15) is 5.69 Å². The maximum absolute atomic E-state index is 13.0. The van der Waals surface area contributed by atoms with E-state index in [4.69, 9.17) is 4.74 Å². The maximum Gasteiger partial charge on any atom is 0.359 e. The van der Waals surface area contributed by atoms with Crippen molar-refractivity contribution < 1.29 is 14.3 Å². The number of ether oxygens (including phenoxy) is 1. The van der Waals surface area contributed by atoms with Crippen molar-refractivity contribution in [2.24, 2.45) is 0 Å². The van der Waals surface area contributed by atoms with Crippen LogP contribution < -0.4 is 0 Å². The molecule has 3 rings (SSSR count). The van der Waals surface area contributed by atoms with Gasteiger partial charge in [-0.05, 0) is 31.9 Å². The molecule has 0 amide bonds. The largest absolute Gasteiger partial charge is 0.461 e. The van der Waals surface area contributed by atoms with E-state index in [0.717, 1.165) is 5.69 Å². The van der Waals surface area contributed by atoms with Gasteiger partial charge in [-0.2, -0.15) is 5.10 Å². The van der Waals surface area contributed by atoms with Crippen LogP contribution in [0.1, 0.15) is 39.9 Å². The first-order valence-electron chi connectivity index (χ1n) is 8.29. The molecule has 1 aromatic carbocycles. The van der Waals surface area contributed by atoms with Gasteiger partial charge in [-0.3, -0.25) is 4.79 Å². The first kappa shape index (κ1) is 17.0. The number of allylic oxidation sites excluding steroid dienone is 1. The average Bonchev–Trinajstić information content (AvgIpc) is 2.98. The van der Waals surface area contributed by atoms with Gasteiger partial charge in [0, 0.05) is 31.4 Å². The molecule has 0 unspecified atom stereocenters. The summed E-state index contributed by atoms with van der Waals surface area (Å²) in [6.45, 7) is 2.02. The van der Waals surface area contributed by atoms with E-state index in [9.17, 15) is 9.59 Å². The van der Waals surface area contributed by atoms with Crippen LogP contribution in [0.2, 0.25) is 0 Å². The number of carbonyl (C=O) groups excluding carboxylic acids is 2. The molecule has 1 aliphatic rings. The van der Waals surface area contributed by atoms with Crippen molar-refractivity contribution >= 4 is 11.8 Å². The molecule has 6 heteroatoms. The summed E-state index contributed by atoms with van der Waals surface area (Å²) in [5.74, 6) is -0.580. The van der Waals surface area contributed by atoms with Gasteiger partial charge < -0.3 is 9.64 Å². The van der Waals surface area contributed by atoms with Crippen LogP contribution in [-0.4, -0.2) is 47.1 Å². The fraction of sp³-hybridized carbons (Fsp3) is 0.316. The van der Waals surface area contributed by atoms with Crippen molar-refractivity contribution in [3.8, 4) is 5.69 Å². The molecule has 1 heterocycles. The zero-order chi connectivity index (χ0) is 18.0. The van der Waals surface area contributed by atoms with Crippen LogP contribution in [0.4, 0.5) is 0 Å². The van der Waals surface area contributed by atoms with Crippen LogP contribution in [0.25, 0.3) is 5.69 Å². The molecule has 0 spiro atoms. The van der Waals surface area contributed by atoms with E-state index in [-0.39, 0.29) is 18.1 Å². The summed E-state index contributed by atoms with van der Waals surface area (Å²) in [5.41, 5.74) is 2.81. The second-order valence-electron chi connectivity index (χ2n) is 6.09. The predicted molar refractivity (Wildman–Crippen MR) is 93.9 cm³/mol. The van der Waals surface area contributed by atoms with Crippen molar-refractivity contribution in [1.82, 2.24) is 14.7 Å². The Morgan fingerprint density at radius 2 is 2.00 bits per heavy atom. The van der Waals surface area contributed by atoms with Gasteiger partial charge in [0.05, 0.1) is 12.3 Å². The first-order valence-corrected chi connectivity index (χ1v) is 8.29. The first-order chi connectivity index (χ1) is 12.0. The average molecular weight is 339 g/mol. The highest BCUT2D eigenvalue weighted by atomic mass is 16.5. The Morgan fingerprint density at radius 3 is 2.64 bits per heavy atom. The fourth-order valence-corrected chi connectivity index (χ4v) is 3.00. The Labute approximate surface area is 146 Å². The lowest BCUT2D eigenvalue weighted by Gasteiger charge is -2.18. The molecule has 0 saturated heterocycles. The Kier molecular flexibility index (Phi) is 4.70. The number of aromatic nitrogens is 2. The van der Waals surface area contributed by atoms with E-state index in [2.05, 4.69) is 5.10 Å². The molecule has 0 fully saturated rings. The molecule has 2 aromatic rings. The molecule has 1 aliphatic carbocycles. The Hall–Kier alpha value is -2.89. The Morgan fingerprint density at radius 1 is 1.28 bits per heavy atom. The molecular formula is C19H21N3O3. The monoisotopic (exact) mass is 339 g/mol. The molecule has 0 N–H and O–H groups in total. The van der Waals surface area contributed by atoms with E-state index in [1.807, 2.05) is 55.5 Å². The maximum atomic E-state index is 13.0. The molecule has 0 aliphatic heterocycles. The van der Waals surface area contributed by atoms with Crippen molar-refractivity contribution in [2.75, 3.05) is 20.7 Å². The normalized spacial score (nSPS) is 15.2. The molecule has 25 heavy (non-hydrogen) atoms. The van der Waals surface area contributed by atoms with E-state index in [1.54, 1.807) is 11.6 Å². The molecule has 1 aromatic heterocycles. The number of hydrogen-bond donors (Lipinski definition) is 0. The highest BCUT2D eigenvalue weighted by Crippen LogP contribution is 2.30. The quantitative estimate of drug-likeness (QED) is 0.633. The summed E-state index contributed by atoms with van der Waals surface area (Å²) in [7, 11) is 3.77. The predicted octanol–water partition coefficient (Wildman–Crippen LogP) is 2.62. The molecular weight excluding hydrogens is 318 g/mol. The van der Waals surface area contributed by atoms with E-state index >= 15 is 0 Å². The minimum absolute atomic E-state index is 0.0955. The van der Waals surface area contributed by atoms with Crippen LogP contribution in [0.5, 0.6) is 0 Å². The number of para-hydroxylation sites is 1. The molecule has 0 radical (unpaired) electrons. The van der Waals surface area contributed by atoms with Crippen molar-refractivity contribution in [1.29, 1.82) is 0 Å². The van der Waals surface area contributed by atoms with E-state index < -0.39 is 5.97 Å². The van der Waals surface area contributed by atoms with Crippen LogP contribution in [0.15, 0.2) is 42.1 Å². The fourth-order valence-electron chi connectivity index (χ4n) is 3.00. The highest BCUT2D eigenvalue weighted by Gasteiger charge is 2.33. The molecule has 0 bridgehead atoms. The Bertz CT molecular complexity index is 835. The number of ketones is 1. The lowest BCUT2D eigenvalue weighted by molar-refractivity contribution is 0.0517. The topological polar surface area (TPSA) is 64.4 Å². The van der Waals surface area contributed by atoms with Gasteiger partial charge in [0.15, 0.2) is 5.69 Å². The number of Topliss-reactive ketones (excluding diaryl/α,β-unsaturated/α-hetero) is 1. The van der Waals surface area contributed by atoms with Crippen LogP contribution in [-0.2, 0) is 11.2 Å². The van der Waals surface area contributed by atoms with E-state index in [0.29, 0.717) is 29.7 Å². The summed E-state index contributed by atoms with van der Waals surface area (Å²) in [6, 6.07) is 9.36. The zero-order valence-electron chi connectivity index (χ0n) is 14.7. The van der Waals surface area contributed by atoms with Crippen molar-refractivity contribution in [2.45, 2.75) is 19.8 Å². The number of carbonyl (C=O) groups is 2. The lowest BCUT2D eigenvalue weighted by atomic mass is 9.90.